The van der Waals surface area contributed by atoms with Crippen LogP contribution in [0, 0.1) is 0 Å². The Bertz CT molecular complexity index is 267. The molecule has 1 unspecified atom stereocenters. The molecule has 1 aromatic rings. The van der Waals surface area contributed by atoms with E-state index in [9.17, 15) is 0 Å². The number of hydrogen-bond acceptors (Lipinski definition) is 3. The van der Waals surface area contributed by atoms with Crippen molar-refractivity contribution in [1.82, 2.24) is 5.32 Å². The summed E-state index contributed by atoms with van der Waals surface area (Å²) in [6, 6.07) is 4.98. The molecule has 0 saturated carbocycles. The molecule has 2 nitrogen and oxygen atoms in total. The van der Waals surface area contributed by atoms with E-state index in [4.69, 9.17) is 4.74 Å². The lowest BCUT2D eigenvalue weighted by Gasteiger charge is -2.23. The van der Waals surface area contributed by atoms with Crippen LogP contribution < -0.4 is 5.32 Å². The standard InChI is InChI=1S/C13H21NOS/c1-2-8-14-12(4-1)6-9-15-10-7-13-5-3-11-16-13/h3,5,11-12,14H,1-2,4,6-10H2. The molecule has 0 radical (unpaired) electrons. The number of thiophene rings is 1. The highest BCUT2D eigenvalue weighted by molar-refractivity contribution is 7.09. The first-order valence-electron chi connectivity index (χ1n) is 6.28. The third kappa shape index (κ3) is 4.24. The molecule has 0 bridgehead atoms. The molecule has 16 heavy (non-hydrogen) atoms. The first-order valence-corrected chi connectivity index (χ1v) is 7.16. The van der Waals surface area contributed by atoms with Gasteiger partial charge in [-0.2, -0.15) is 0 Å². The van der Waals surface area contributed by atoms with Crippen LogP contribution in [0.1, 0.15) is 30.6 Å². The largest absolute Gasteiger partial charge is 0.381 e. The average Bonchev–Trinajstić information content (AvgIpc) is 2.83. The minimum absolute atomic E-state index is 0.704. The van der Waals surface area contributed by atoms with E-state index in [0.29, 0.717) is 6.04 Å². The van der Waals surface area contributed by atoms with Crippen LogP contribution in [-0.2, 0) is 11.2 Å². The molecular weight excluding hydrogens is 218 g/mol. The zero-order valence-corrected chi connectivity index (χ0v) is 10.6. The first-order chi connectivity index (χ1) is 7.95. The number of ether oxygens (including phenoxy) is 1. The Morgan fingerprint density at radius 1 is 1.38 bits per heavy atom. The number of rotatable bonds is 6. The molecule has 1 saturated heterocycles. The van der Waals surface area contributed by atoms with Crippen molar-refractivity contribution in [3.63, 3.8) is 0 Å². The maximum absolute atomic E-state index is 5.68. The van der Waals surface area contributed by atoms with E-state index >= 15 is 0 Å². The van der Waals surface area contributed by atoms with Crippen molar-refractivity contribution in [2.24, 2.45) is 0 Å². The Hall–Kier alpha value is -0.380. The maximum atomic E-state index is 5.68. The van der Waals surface area contributed by atoms with Crippen LogP contribution in [0.4, 0.5) is 0 Å². The van der Waals surface area contributed by atoms with Crippen molar-refractivity contribution in [3.05, 3.63) is 22.4 Å². The summed E-state index contributed by atoms with van der Waals surface area (Å²) in [6.07, 6.45) is 6.29. The smallest absolute Gasteiger partial charge is 0.0514 e. The van der Waals surface area contributed by atoms with Gasteiger partial charge < -0.3 is 10.1 Å². The summed E-state index contributed by atoms with van der Waals surface area (Å²) < 4.78 is 5.68. The molecule has 3 heteroatoms. The van der Waals surface area contributed by atoms with Crippen LogP contribution in [0.5, 0.6) is 0 Å². The van der Waals surface area contributed by atoms with E-state index in [1.165, 1.54) is 37.1 Å². The Kier molecular flexibility index (Phi) is 5.32. The van der Waals surface area contributed by atoms with Crippen LogP contribution in [0.2, 0.25) is 0 Å². The third-order valence-corrected chi connectivity index (χ3v) is 4.03. The molecule has 0 amide bonds. The molecule has 1 atom stereocenters. The number of piperidine rings is 1. The zero-order chi connectivity index (χ0) is 11.1. The molecular formula is C13H21NOS. The third-order valence-electron chi connectivity index (χ3n) is 3.10. The summed E-state index contributed by atoms with van der Waals surface area (Å²) in [5.74, 6) is 0. The van der Waals surface area contributed by atoms with Gasteiger partial charge in [0, 0.05) is 23.9 Å². The number of hydrogen-bond donors (Lipinski definition) is 1. The van der Waals surface area contributed by atoms with Gasteiger partial charge in [0.15, 0.2) is 0 Å². The molecule has 0 spiro atoms. The van der Waals surface area contributed by atoms with Gasteiger partial charge in [0.2, 0.25) is 0 Å². The lowest BCUT2D eigenvalue weighted by atomic mass is 10.0. The van der Waals surface area contributed by atoms with Crippen molar-refractivity contribution in [2.75, 3.05) is 19.8 Å². The van der Waals surface area contributed by atoms with E-state index in [1.807, 2.05) is 11.3 Å². The predicted molar refractivity (Wildman–Crippen MR) is 69.1 cm³/mol. The molecule has 1 aliphatic rings. The quantitative estimate of drug-likeness (QED) is 0.771. The second-order valence-corrected chi connectivity index (χ2v) is 5.41. The van der Waals surface area contributed by atoms with E-state index in [-0.39, 0.29) is 0 Å². The van der Waals surface area contributed by atoms with Gasteiger partial charge in [-0.1, -0.05) is 12.5 Å². The van der Waals surface area contributed by atoms with Crippen LogP contribution >= 0.6 is 11.3 Å². The molecule has 1 aromatic heterocycles. The van der Waals surface area contributed by atoms with Gasteiger partial charge in [0.25, 0.3) is 0 Å². The monoisotopic (exact) mass is 239 g/mol. The summed E-state index contributed by atoms with van der Waals surface area (Å²) in [5.41, 5.74) is 0. The second kappa shape index (κ2) is 7.05. The van der Waals surface area contributed by atoms with Crippen molar-refractivity contribution in [3.8, 4) is 0 Å². The Balaban J connectivity index is 1.48. The normalized spacial score (nSPS) is 21.1. The fourth-order valence-corrected chi connectivity index (χ4v) is 2.82. The Morgan fingerprint density at radius 2 is 2.38 bits per heavy atom. The fourth-order valence-electron chi connectivity index (χ4n) is 2.13. The molecule has 1 aliphatic heterocycles. The van der Waals surface area contributed by atoms with Crippen LogP contribution in [0.3, 0.4) is 0 Å². The topological polar surface area (TPSA) is 21.3 Å². The summed E-state index contributed by atoms with van der Waals surface area (Å²) >= 11 is 1.82. The van der Waals surface area contributed by atoms with Crippen molar-refractivity contribution in [2.45, 2.75) is 38.1 Å². The fraction of sp³-hybridized carbons (Fsp3) is 0.692. The SMILES string of the molecule is c1csc(CCOCCC2CCCCN2)c1. The van der Waals surface area contributed by atoms with Crippen molar-refractivity contribution < 1.29 is 4.74 Å². The molecule has 2 heterocycles. The van der Waals surface area contributed by atoms with Gasteiger partial charge in [0.1, 0.15) is 0 Å². The van der Waals surface area contributed by atoms with E-state index in [2.05, 4.69) is 22.8 Å². The molecule has 1 fully saturated rings. The highest BCUT2D eigenvalue weighted by atomic mass is 32.1. The van der Waals surface area contributed by atoms with Gasteiger partial charge >= 0.3 is 0 Å². The first kappa shape index (κ1) is 12.1. The van der Waals surface area contributed by atoms with Gasteiger partial charge in [0.05, 0.1) is 6.61 Å². The van der Waals surface area contributed by atoms with Gasteiger partial charge in [-0.05, 0) is 37.3 Å². The average molecular weight is 239 g/mol. The molecule has 2 rings (SSSR count). The molecule has 1 N–H and O–H groups in total. The molecule has 0 aromatic carbocycles. The van der Waals surface area contributed by atoms with Gasteiger partial charge in [-0.3, -0.25) is 0 Å². The predicted octanol–water partition coefficient (Wildman–Crippen LogP) is 2.84. The molecule has 0 aliphatic carbocycles. The van der Waals surface area contributed by atoms with E-state index in [0.717, 1.165) is 19.6 Å². The van der Waals surface area contributed by atoms with Crippen LogP contribution in [0.25, 0.3) is 0 Å². The summed E-state index contributed by atoms with van der Waals surface area (Å²) in [6.45, 7) is 2.97. The summed E-state index contributed by atoms with van der Waals surface area (Å²) in [5, 5.41) is 5.67. The zero-order valence-electron chi connectivity index (χ0n) is 9.78. The van der Waals surface area contributed by atoms with E-state index in [1.54, 1.807) is 0 Å². The van der Waals surface area contributed by atoms with E-state index < -0.39 is 0 Å². The Labute approximate surface area is 102 Å². The summed E-state index contributed by atoms with van der Waals surface area (Å²) in [7, 11) is 0. The lowest BCUT2D eigenvalue weighted by molar-refractivity contribution is 0.124. The highest BCUT2D eigenvalue weighted by Gasteiger charge is 2.11. The van der Waals surface area contributed by atoms with Gasteiger partial charge in [-0.15, -0.1) is 11.3 Å². The highest BCUT2D eigenvalue weighted by Crippen LogP contribution is 2.11. The molecule has 90 valence electrons. The minimum atomic E-state index is 0.704. The Morgan fingerprint density at radius 3 is 3.12 bits per heavy atom. The van der Waals surface area contributed by atoms with Crippen molar-refractivity contribution >= 4 is 11.3 Å². The second-order valence-electron chi connectivity index (χ2n) is 4.38. The minimum Gasteiger partial charge on any atom is -0.381 e. The van der Waals surface area contributed by atoms with Gasteiger partial charge in [-0.25, -0.2) is 0 Å². The van der Waals surface area contributed by atoms with Crippen LogP contribution in [-0.4, -0.2) is 25.8 Å². The lowest BCUT2D eigenvalue weighted by Crippen LogP contribution is -2.34. The van der Waals surface area contributed by atoms with Crippen molar-refractivity contribution in [1.29, 1.82) is 0 Å². The summed E-state index contributed by atoms with van der Waals surface area (Å²) in [4.78, 5) is 1.43. The maximum Gasteiger partial charge on any atom is 0.0514 e. The van der Waals surface area contributed by atoms with Crippen LogP contribution in [0.15, 0.2) is 17.5 Å². The number of nitrogens with one attached hydrogen (secondary N) is 1.